The maximum atomic E-state index is 12.7. The van der Waals surface area contributed by atoms with Crippen LogP contribution in [0.5, 0.6) is 0 Å². The first-order chi connectivity index (χ1) is 17.3. The second-order valence-corrected chi connectivity index (χ2v) is 7.06. The smallest absolute Gasteiger partial charge is 0.271 e. The summed E-state index contributed by atoms with van der Waals surface area (Å²) in [5.74, 6) is 0.500. The molecule has 0 atom stereocenters. The molecule has 0 aliphatic carbocycles. The summed E-state index contributed by atoms with van der Waals surface area (Å²) in [5, 5.41) is 14.7. The van der Waals surface area contributed by atoms with Gasteiger partial charge in [-0.25, -0.2) is 10.4 Å². The van der Waals surface area contributed by atoms with Gasteiger partial charge < -0.3 is 0 Å². The van der Waals surface area contributed by atoms with Gasteiger partial charge in [0.25, 0.3) is 5.91 Å². The largest absolute Gasteiger partial charge is 0.290 e. The summed E-state index contributed by atoms with van der Waals surface area (Å²) in [7, 11) is 0. The van der Waals surface area contributed by atoms with Crippen LogP contribution in [-0.4, -0.2) is 48.4 Å². The van der Waals surface area contributed by atoms with Crippen molar-refractivity contribution >= 4 is 23.4 Å². The van der Waals surface area contributed by atoms with Gasteiger partial charge in [-0.15, -0.1) is 10.2 Å². The third kappa shape index (κ3) is 4.88. The Labute approximate surface area is 200 Å². The van der Waals surface area contributed by atoms with Crippen LogP contribution in [0, 0.1) is 0 Å². The fraction of sp³-hybridized carbons (Fsp3) is 0. The Morgan fingerprint density at radius 1 is 0.714 bits per heavy atom. The van der Waals surface area contributed by atoms with Gasteiger partial charge in [-0.2, -0.15) is 5.10 Å². The second kappa shape index (κ2) is 10.1. The van der Waals surface area contributed by atoms with Crippen molar-refractivity contribution in [2.24, 2.45) is 15.3 Å². The molecule has 11 heteroatoms. The lowest BCUT2D eigenvalue weighted by molar-refractivity contribution is 0.0949. The minimum atomic E-state index is -0.481. The zero-order chi connectivity index (χ0) is 23.9. The lowest BCUT2D eigenvalue weighted by atomic mass is 10.2. The van der Waals surface area contributed by atoms with Gasteiger partial charge in [0, 0.05) is 24.8 Å². The molecule has 11 nitrogen and oxygen atoms in total. The van der Waals surface area contributed by atoms with E-state index >= 15 is 0 Å². The van der Waals surface area contributed by atoms with E-state index in [4.69, 9.17) is 0 Å². The van der Waals surface area contributed by atoms with Crippen molar-refractivity contribution in [2.75, 3.05) is 0 Å². The van der Waals surface area contributed by atoms with Crippen molar-refractivity contribution < 1.29 is 4.79 Å². The molecule has 0 saturated carbocycles. The molecule has 170 valence electrons. The number of nitrogens with zero attached hydrogens (tertiary/aromatic N) is 8. The number of hydrazine groups is 1. The van der Waals surface area contributed by atoms with Crippen LogP contribution in [-0.2, 0) is 0 Å². The standard InChI is InChI=1S/C24H18N10O/c35-24(20-12-4-8-16-28-20)32-31-23(19-11-3-7-15-27-19)34-22(18-10-2-6-14-26-18)30-29-21(33-34)17-9-1-5-13-25-17/h1-16H,(H,29,33)(H,32,35)/b31-23-. The highest BCUT2D eigenvalue weighted by atomic mass is 16.2. The van der Waals surface area contributed by atoms with E-state index in [9.17, 15) is 4.79 Å². The van der Waals surface area contributed by atoms with Crippen LogP contribution < -0.4 is 10.9 Å². The Morgan fingerprint density at radius 2 is 1.31 bits per heavy atom. The van der Waals surface area contributed by atoms with E-state index in [0.29, 0.717) is 28.8 Å². The molecule has 0 bridgehead atoms. The van der Waals surface area contributed by atoms with E-state index in [1.54, 1.807) is 78.2 Å². The van der Waals surface area contributed by atoms with E-state index in [0.717, 1.165) is 0 Å². The van der Waals surface area contributed by atoms with Crippen LogP contribution in [0.4, 0.5) is 0 Å². The van der Waals surface area contributed by atoms with Crippen LogP contribution >= 0.6 is 0 Å². The number of carbonyl (C=O) groups excluding carboxylic acids is 1. The van der Waals surface area contributed by atoms with E-state index in [1.807, 2.05) is 18.2 Å². The van der Waals surface area contributed by atoms with E-state index in [1.165, 1.54) is 6.20 Å². The van der Waals surface area contributed by atoms with Crippen molar-refractivity contribution in [3.63, 3.8) is 0 Å². The third-order valence-corrected chi connectivity index (χ3v) is 4.74. The highest BCUT2D eigenvalue weighted by Gasteiger charge is 2.28. The van der Waals surface area contributed by atoms with Crippen LogP contribution in [0.3, 0.4) is 0 Å². The predicted octanol–water partition coefficient (Wildman–Crippen LogP) is 1.99. The fourth-order valence-electron chi connectivity index (χ4n) is 3.12. The van der Waals surface area contributed by atoms with Gasteiger partial charge >= 0.3 is 0 Å². The molecular formula is C24H18N10O. The molecule has 0 fully saturated rings. The number of hydrogen-bond acceptors (Lipinski definition) is 9. The minimum absolute atomic E-state index is 0.220. The topological polar surface area (TPSA) is 133 Å². The van der Waals surface area contributed by atoms with Crippen molar-refractivity contribution in [1.82, 2.24) is 35.8 Å². The molecule has 2 N–H and O–H groups in total. The first-order valence-electron chi connectivity index (χ1n) is 10.6. The summed E-state index contributed by atoms with van der Waals surface area (Å²) in [5.41, 5.74) is 7.53. The summed E-state index contributed by atoms with van der Waals surface area (Å²) in [6.07, 6.45) is 6.46. The molecule has 0 unspecified atom stereocenters. The first kappa shape index (κ1) is 21.5. The van der Waals surface area contributed by atoms with E-state index in [-0.39, 0.29) is 11.5 Å². The minimum Gasteiger partial charge on any atom is -0.271 e. The van der Waals surface area contributed by atoms with Gasteiger partial charge in [-0.1, -0.05) is 24.3 Å². The molecule has 5 heterocycles. The van der Waals surface area contributed by atoms with Gasteiger partial charge in [0.1, 0.15) is 22.8 Å². The Morgan fingerprint density at radius 3 is 1.91 bits per heavy atom. The number of rotatable bonds is 5. The number of nitrogens with one attached hydrogen (secondary N) is 2. The maximum absolute atomic E-state index is 12.7. The number of pyridine rings is 4. The first-order valence-corrected chi connectivity index (χ1v) is 10.6. The van der Waals surface area contributed by atoms with Gasteiger partial charge in [0.2, 0.25) is 5.84 Å². The molecule has 0 radical (unpaired) electrons. The summed E-state index contributed by atoms with van der Waals surface area (Å²) < 4.78 is 0. The molecular weight excluding hydrogens is 444 g/mol. The van der Waals surface area contributed by atoms with Gasteiger partial charge in [0.05, 0.1) is 0 Å². The Hall–Kier alpha value is -5.32. The van der Waals surface area contributed by atoms with Crippen molar-refractivity contribution in [1.29, 1.82) is 0 Å². The predicted molar refractivity (Wildman–Crippen MR) is 129 cm³/mol. The van der Waals surface area contributed by atoms with Crippen molar-refractivity contribution in [3.05, 3.63) is 120 Å². The molecule has 35 heavy (non-hydrogen) atoms. The summed E-state index contributed by atoms with van der Waals surface area (Å²) in [6.45, 7) is 0. The average molecular weight is 462 g/mol. The monoisotopic (exact) mass is 462 g/mol. The quantitative estimate of drug-likeness (QED) is 0.263. The number of hydrogen-bond donors (Lipinski definition) is 2. The number of carbonyl (C=O) groups is 1. The Kier molecular flexibility index (Phi) is 6.20. The number of amides is 1. The summed E-state index contributed by atoms with van der Waals surface area (Å²) >= 11 is 0. The second-order valence-electron chi connectivity index (χ2n) is 7.06. The summed E-state index contributed by atoms with van der Waals surface area (Å²) in [6, 6.07) is 21.3. The van der Waals surface area contributed by atoms with Crippen LogP contribution in [0.2, 0.25) is 0 Å². The van der Waals surface area contributed by atoms with Crippen LogP contribution in [0.25, 0.3) is 0 Å². The molecule has 4 aromatic rings. The molecule has 1 aliphatic rings. The zero-order valence-corrected chi connectivity index (χ0v) is 18.2. The Balaban J connectivity index is 1.58. The maximum Gasteiger partial charge on any atom is 0.290 e. The third-order valence-electron chi connectivity index (χ3n) is 4.74. The average Bonchev–Trinajstić information content (AvgIpc) is 2.95. The van der Waals surface area contributed by atoms with Gasteiger partial charge in [-0.05, 0) is 48.5 Å². The normalized spacial score (nSPS) is 13.4. The Bertz CT molecular complexity index is 1390. The van der Waals surface area contributed by atoms with Crippen molar-refractivity contribution in [2.45, 2.75) is 0 Å². The van der Waals surface area contributed by atoms with Gasteiger partial charge in [0.15, 0.2) is 11.7 Å². The molecule has 1 amide bonds. The van der Waals surface area contributed by atoms with Crippen LogP contribution in [0.1, 0.15) is 27.6 Å². The zero-order valence-electron chi connectivity index (χ0n) is 18.2. The SMILES string of the molecule is O=C(N/N=C(/c1ccccn1)N1NC(c2ccccn2)=NN=C1c1ccccn1)c1ccccn1. The number of hydrazone groups is 1. The van der Waals surface area contributed by atoms with Crippen molar-refractivity contribution in [3.8, 4) is 0 Å². The highest BCUT2D eigenvalue weighted by Crippen LogP contribution is 2.13. The lowest BCUT2D eigenvalue weighted by Gasteiger charge is -2.29. The molecule has 0 saturated heterocycles. The van der Waals surface area contributed by atoms with E-state index in [2.05, 4.69) is 46.1 Å². The lowest BCUT2D eigenvalue weighted by Crippen LogP contribution is -2.53. The molecule has 0 spiro atoms. The van der Waals surface area contributed by atoms with E-state index < -0.39 is 5.91 Å². The fourth-order valence-corrected chi connectivity index (χ4v) is 3.12. The van der Waals surface area contributed by atoms with Crippen LogP contribution in [0.15, 0.2) is 113 Å². The summed E-state index contributed by atoms with van der Waals surface area (Å²) in [4.78, 5) is 29.9. The molecule has 0 aromatic carbocycles. The highest BCUT2D eigenvalue weighted by molar-refractivity contribution is 6.16. The molecule has 1 aliphatic heterocycles. The number of aromatic nitrogens is 4. The number of amidine groups is 3. The molecule has 4 aromatic heterocycles. The molecule has 5 rings (SSSR count). The van der Waals surface area contributed by atoms with Gasteiger partial charge in [-0.3, -0.25) is 30.2 Å².